The van der Waals surface area contributed by atoms with Crippen LogP contribution in [-0.4, -0.2) is 11.5 Å². The van der Waals surface area contributed by atoms with Crippen molar-refractivity contribution < 1.29 is 4.73 Å². The van der Waals surface area contributed by atoms with Crippen molar-refractivity contribution in [3.8, 4) is 0 Å². The summed E-state index contributed by atoms with van der Waals surface area (Å²) in [6.07, 6.45) is 6.61. The van der Waals surface area contributed by atoms with Gasteiger partial charge >= 0.3 is 0 Å². The highest BCUT2D eigenvalue weighted by atomic mass is 16.5. The molecule has 0 unspecified atom stereocenters. The number of nitrogens with one attached hydrogen (secondary N) is 1. The van der Waals surface area contributed by atoms with Gasteiger partial charge in [0.1, 0.15) is 5.52 Å². The zero-order chi connectivity index (χ0) is 12.1. The van der Waals surface area contributed by atoms with E-state index in [1.807, 2.05) is 18.2 Å². The van der Waals surface area contributed by atoms with Crippen molar-refractivity contribution in [2.75, 3.05) is 11.9 Å². The van der Waals surface area contributed by atoms with Crippen LogP contribution in [0.25, 0.3) is 10.9 Å². The second-order valence-electron chi connectivity index (χ2n) is 4.13. The van der Waals surface area contributed by atoms with E-state index in [1.54, 1.807) is 6.20 Å². The predicted molar refractivity (Wildman–Crippen MR) is 68.7 cm³/mol. The van der Waals surface area contributed by atoms with Crippen molar-refractivity contribution in [2.45, 2.75) is 26.2 Å². The summed E-state index contributed by atoms with van der Waals surface area (Å²) in [5, 5.41) is 15.6. The summed E-state index contributed by atoms with van der Waals surface area (Å²) in [4.78, 5) is 3.89. The molecule has 0 aliphatic heterocycles. The largest absolute Gasteiger partial charge is 0.710 e. The van der Waals surface area contributed by atoms with Gasteiger partial charge in [-0.3, -0.25) is 0 Å². The number of benzene rings is 1. The molecule has 90 valence electrons. The number of aromatic nitrogens is 2. The maximum atomic E-state index is 11.4. The molecule has 0 saturated heterocycles. The molecule has 0 radical (unpaired) electrons. The first-order chi connectivity index (χ1) is 8.31. The standard InChI is InChI=1S/C13H17N3O/c1-2-3-4-7-15-12-5-6-13-11(8-12)9-14-10-16(13)17/h5-6,8-10,15H,2-4,7H2,1H3. The van der Waals surface area contributed by atoms with E-state index in [1.165, 1.54) is 25.6 Å². The van der Waals surface area contributed by atoms with Crippen LogP contribution < -0.4 is 10.0 Å². The van der Waals surface area contributed by atoms with Crippen LogP contribution in [0.5, 0.6) is 0 Å². The smallest absolute Gasteiger partial charge is 0.289 e. The Morgan fingerprint density at radius 2 is 2.24 bits per heavy atom. The molecule has 1 aromatic heterocycles. The third kappa shape index (κ3) is 2.84. The fourth-order valence-electron chi connectivity index (χ4n) is 1.81. The molecule has 1 aromatic carbocycles. The van der Waals surface area contributed by atoms with Gasteiger partial charge in [-0.15, -0.1) is 0 Å². The van der Waals surface area contributed by atoms with Crippen molar-refractivity contribution in [1.82, 2.24) is 4.98 Å². The van der Waals surface area contributed by atoms with Gasteiger partial charge in [-0.25, -0.2) is 4.73 Å². The Bertz CT molecular complexity index is 499. The van der Waals surface area contributed by atoms with Gasteiger partial charge in [0.2, 0.25) is 0 Å². The van der Waals surface area contributed by atoms with Crippen LogP contribution in [0.1, 0.15) is 26.2 Å². The Morgan fingerprint density at radius 3 is 3.06 bits per heavy atom. The molecule has 17 heavy (non-hydrogen) atoms. The summed E-state index contributed by atoms with van der Waals surface area (Å²) in [6.45, 7) is 3.16. The summed E-state index contributed by atoms with van der Waals surface area (Å²) < 4.78 is 0.788. The van der Waals surface area contributed by atoms with E-state index in [0.29, 0.717) is 5.52 Å². The van der Waals surface area contributed by atoms with Crippen molar-refractivity contribution in [1.29, 1.82) is 0 Å². The van der Waals surface area contributed by atoms with Gasteiger partial charge in [0.15, 0.2) is 6.20 Å². The van der Waals surface area contributed by atoms with E-state index >= 15 is 0 Å². The van der Waals surface area contributed by atoms with Crippen molar-refractivity contribution >= 4 is 16.6 Å². The van der Waals surface area contributed by atoms with Crippen molar-refractivity contribution in [3.05, 3.63) is 35.9 Å². The summed E-state index contributed by atoms with van der Waals surface area (Å²) in [5.41, 5.74) is 1.70. The van der Waals surface area contributed by atoms with E-state index in [2.05, 4.69) is 17.2 Å². The average Bonchev–Trinajstić information content (AvgIpc) is 2.35. The van der Waals surface area contributed by atoms with E-state index in [-0.39, 0.29) is 0 Å². The van der Waals surface area contributed by atoms with Crippen LogP contribution in [0.3, 0.4) is 0 Å². The van der Waals surface area contributed by atoms with E-state index in [0.717, 1.165) is 22.3 Å². The number of fused-ring (bicyclic) bond motifs is 1. The zero-order valence-electron chi connectivity index (χ0n) is 10.0. The molecule has 0 spiro atoms. The molecule has 0 aliphatic rings. The molecule has 4 heteroatoms. The van der Waals surface area contributed by atoms with E-state index in [9.17, 15) is 5.21 Å². The van der Waals surface area contributed by atoms with Crippen LogP contribution >= 0.6 is 0 Å². The SMILES string of the molecule is CCCCCNc1ccc2c(cnc[n+]2[O-])c1. The summed E-state index contributed by atoms with van der Waals surface area (Å²) in [5.74, 6) is 0. The molecule has 0 atom stereocenters. The first-order valence-electron chi connectivity index (χ1n) is 6.02. The monoisotopic (exact) mass is 231 g/mol. The van der Waals surface area contributed by atoms with Gasteiger partial charge < -0.3 is 10.5 Å². The lowest BCUT2D eigenvalue weighted by molar-refractivity contribution is -0.580. The lowest BCUT2D eigenvalue weighted by Crippen LogP contribution is -2.26. The fraction of sp³-hybridized carbons (Fsp3) is 0.385. The first kappa shape index (κ1) is 11.6. The minimum atomic E-state index is 0.652. The molecule has 2 rings (SSSR count). The van der Waals surface area contributed by atoms with Gasteiger partial charge in [-0.1, -0.05) is 24.7 Å². The summed E-state index contributed by atoms with van der Waals surface area (Å²) in [7, 11) is 0. The first-order valence-corrected chi connectivity index (χ1v) is 6.02. The molecule has 4 nitrogen and oxygen atoms in total. The Morgan fingerprint density at radius 1 is 1.35 bits per heavy atom. The van der Waals surface area contributed by atoms with Crippen LogP contribution in [-0.2, 0) is 0 Å². The Balaban J connectivity index is 2.10. The quantitative estimate of drug-likeness (QED) is 0.488. The minimum absolute atomic E-state index is 0.652. The second kappa shape index (κ2) is 5.48. The maximum absolute atomic E-state index is 11.4. The van der Waals surface area contributed by atoms with E-state index in [4.69, 9.17) is 0 Å². The summed E-state index contributed by atoms with van der Waals surface area (Å²) >= 11 is 0. The van der Waals surface area contributed by atoms with Gasteiger partial charge in [0, 0.05) is 12.2 Å². The lowest BCUT2D eigenvalue weighted by atomic mass is 10.2. The molecule has 0 fully saturated rings. The minimum Gasteiger partial charge on any atom is -0.710 e. The van der Waals surface area contributed by atoms with Crippen LogP contribution in [0.2, 0.25) is 0 Å². The van der Waals surface area contributed by atoms with Gasteiger partial charge in [-0.05, 0) is 24.6 Å². The highest BCUT2D eigenvalue weighted by Gasteiger charge is 2.02. The average molecular weight is 231 g/mol. The zero-order valence-corrected chi connectivity index (χ0v) is 10.0. The third-order valence-electron chi connectivity index (χ3n) is 2.76. The van der Waals surface area contributed by atoms with Crippen LogP contribution in [0.15, 0.2) is 30.7 Å². The normalized spacial score (nSPS) is 10.6. The molecular formula is C13H17N3O. The molecule has 0 amide bonds. The van der Waals surface area contributed by atoms with Crippen LogP contribution in [0, 0.1) is 5.21 Å². The second-order valence-corrected chi connectivity index (χ2v) is 4.13. The number of anilines is 1. The van der Waals surface area contributed by atoms with Gasteiger partial charge in [0.25, 0.3) is 6.33 Å². The molecular weight excluding hydrogens is 214 g/mol. The summed E-state index contributed by atoms with van der Waals surface area (Å²) in [6, 6.07) is 5.72. The number of hydrogen-bond acceptors (Lipinski definition) is 3. The van der Waals surface area contributed by atoms with Gasteiger partial charge in [0.05, 0.1) is 5.39 Å². The van der Waals surface area contributed by atoms with E-state index < -0.39 is 0 Å². The Labute approximate surface area is 101 Å². The lowest BCUT2D eigenvalue weighted by Gasteiger charge is -2.08. The molecule has 1 heterocycles. The topological polar surface area (TPSA) is 51.9 Å². The number of hydrogen-bond donors (Lipinski definition) is 1. The fourth-order valence-corrected chi connectivity index (χ4v) is 1.81. The molecule has 0 bridgehead atoms. The number of nitrogens with zero attached hydrogens (tertiary/aromatic N) is 2. The predicted octanol–water partition coefficient (Wildman–Crippen LogP) is 2.47. The maximum Gasteiger partial charge on any atom is 0.289 e. The van der Waals surface area contributed by atoms with Crippen LogP contribution in [0.4, 0.5) is 5.69 Å². The van der Waals surface area contributed by atoms with Crippen molar-refractivity contribution in [2.24, 2.45) is 0 Å². The molecule has 0 aliphatic carbocycles. The molecule has 2 aromatic rings. The highest BCUT2D eigenvalue weighted by molar-refractivity contribution is 5.79. The Kier molecular flexibility index (Phi) is 3.75. The molecule has 0 saturated carbocycles. The number of unbranched alkanes of at least 4 members (excludes halogenated alkanes) is 2. The van der Waals surface area contributed by atoms with Gasteiger partial charge in [-0.2, -0.15) is 0 Å². The molecule has 1 N–H and O–H groups in total. The van der Waals surface area contributed by atoms with Crippen molar-refractivity contribution in [3.63, 3.8) is 0 Å². The highest BCUT2D eigenvalue weighted by Crippen LogP contribution is 2.15. The Hall–Kier alpha value is -1.84. The third-order valence-corrected chi connectivity index (χ3v) is 2.76. The number of rotatable bonds is 5.